The highest BCUT2D eigenvalue weighted by Crippen LogP contribution is 2.36. The minimum atomic E-state index is -0.231. The van der Waals surface area contributed by atoms with Gasteiger partial charge in [0.25, 0.3) is 0 Å². The van der Waals surface area contributed by atoms with Gasteiger partial charge in [0.15, 0.2) is 0 Å². The van der Waals surface area contributed by atoms with Crippen LogP contribution in [0.4, 0.5) is 0 Å². The second kappa shape index (κ2) is 3.93. The standard InChI is InChI=1S/C11H20N4/c1-8(2)9-10(14-15-13-9)11(12)6-4-3-5-7-11/h8H,3-7,12H2,1-2H3,(H,13,14,15). The number of hydrogen-bond acceptors (Lipinski definition) is 3. The van der Waals surface area contributed by atoms with Gasteiger partial charge in [-0.05, 0) is 18.8 Å². The van der Waals surface area contributed by atoms with Gasteiger partial charge in [-0.3, -0.25) is 0 Å². The first-order valence-electron chi connectivity index (χ1n) is 5.83. The van der Waals surface area contributed by atoms with Gasteiger partial charge in [-0.1, -0.05) is 33.1 Å². The molecule has 0 saturated heterocycles. The number of nitrogens with zero attached hydrogens (tertiary/aromatic N) is 2. The van der Waals surface area contributed by atoms with Crippen molar-refractivity contribution < 1.29 is 0 Å². The highest BCUT2D eigenvalue weighted by Gasteiger charge is 2.34. The van der Waals surface area contributed by atoms with E-state index in [1.165, 1.54) is 19.3 Å². The molecule has 84 valence electrons. The third-order valence-corrected chi connectivity index (χ3v) is 3.34. The number of nitrogens with one attached hydrogen (secondary N) is 1. The van der Waals surface area contributed by atoms with Crippen LogP contribution in [0.25, 0.3) is 0 Å². The Bertz CT molecular complexity index is 323. The fourth-order valence-corrected chi connectivity index (χ4v) is 2.43. The lowest BCUT2D eigenvalue weighted by molar-refractivity contribution is 0.292. The van der Waals surface area contributed by atoms with Gasteiger partial charge < -0.3 is 5.73 Å². The van der Waals surface area contributed by atoms with Crippen LogP contribution in [0, 0.1) is 0 Å². The molecule has 1 aliphatic rings. The molecule has 0 amide bonds. The molecule has 0 atom stereocenters. The molecule has 1 heterocycles. The molecule has 0 radical (unpaired) electrons. The summed E-state index contributed by atoms with van der Waals surface area (Å²) in [5.41, 5.74) is 8.25. The van der Waals surface area contributed by atoms with Crippen molar-refractivity contribution in [1.82, 2.24) is 15.4 Å². The molecular formula is C11H20N4. The van der Waals surface area contributed by atoms with Gasteiger partial charge in [0, 0.05) is 0 Å². The molecule has 0 aromatic carbocycles. The molecule has 0 bridgehead atoms. The third kappa shape index (κ3) is 1.91. The molecule has 0 aliphatic heterocycles. The maximum absolute atomic E-state index is 6.44. The minimum Gasteiger partial charge on any atom is -0.320 e. The Kier molecular flexibility index (Phi) is 2.78. The van der Waals surface area contributed by atoms with Crippen LogP contribution in [0.15, 0.2) is 0 Å². The van der Waals surface area contributed by atoms with Crippen molar-refractivity contribution in [3.63, 3.8) is 0 Å². The summed E-state index contributed by atoms with van der Waals surface area (Å²) >= 11 is 0. The molecule has 0 unspecified atom stereocenters. The number of hydrogen-bond donors (Lipinski definition) is 2. The van der Waals surface area contributed by atoms with E-state index in [1.54, 1.807) is 0 Å². The molecule has 1 saturated carbocycles. The van der Waals surface area contributed by atoms with Gasteiger partial charge in [-0.15, -0.1) is 0 Å². The summed E-state index contributed by atoms with van der Waals surface area (Å²) < 4.78 is 0. The normalized spacial score (nSPS) is 20.8. The lowest BCUT2D eigenvalue weighted by Gasteiger charge is -2.32. The minimum absolute atomic E-state index is 0.231. The highest BCUT2D eigenvalue weighted by molar-refractivity contribution is 5.22. The van der Waals surface area contributed by atoms with Crippen LogP contribution in [0.5, 0.6) is 0 Å². The van der Waals surface area contributed by atoms with Crippen molar-refractivity contribution in [1.29, 1.82) is 0 Å². The largest absolute Gasteiger partial charge is 0.320 e. The Morgan fingerprint density at radius 2 is 1.87 bits per heavy atom. The fourth-order valence-electron chi connectivity index (χ4n) is 2.43. The van der Waals surface area contributed by atoms with E-state index in [4.69, 9.17) is 5.73 Å². The van der Waals surface area contributed by atoms with E-state index in [0.29, 0.717) is 5.92 Å². The maximum Gasteiger partial charge on any atom is 0.106 e. The monoisotopic (exact) mass is 208 g/mol. The van der Waals surface area contributed by atoms with E-state index >= 15 is 0 Å². The van der Waals surface area contributed by atoms with Crippen LogP contribution < -0.4 is 5.73 Å². The molecule has 1 aromatic heterocycles. The zero-order valence-electron chi connectivity index (χ0n) is 9.58. The first-order chi connectivity index (χ1) is 7.13. The van der Waals surface area contributed by atoms with Crippen LogP contribution in [0.2, 0.25) is 0 Å². The summed E-state index contributed by atoms with van der Waals surface area (Å²) in [5.74, 6) is 0.390. The topological polar surface area (TPSA) is 67.6 Å². The molecule has 4 heteroatoms. The van der Waals surface area contributed by atoms with Crippen LogP contribution in [0.3, 0.4) is 0 Å². The Labute approximate surface area is 90.6 Å². The van der Waals surface area contributed by atoms with Crippen LogP contribution in [-0.2, 0) is 5.54 Å². The van der Waals surface area contributed by atoms with Crippen LogP contribution >= 0.6 is 0 Å². The van der Waals surface area contributed by atoms with E-state index in [1.807, 2.05) is 0 Å². The fraction of sp³-hybridized carbons (Fsp3) is 0.818. The van der Waals surface area contributed by atoms with Gasteiger partial charge >= 0.3 is 0 Å². The summed E-state index contributed by atoms with van der Waals surface area (Å²) in [5, 5.41) is 11.2. The molecule has 4 nitrogen and oxygen atoms in total. The molecule has 0 spiro atoms. The third-order valence-electron chi connectivity index (χ3n) is 3.34. The number of nitrogens with two attached hydrogens (primary N) is 1. The van der Waals surface area contributed by atoms with E-state index in [2.05, 4.69) is 29.3 Å². The molecule has 1 aromatic rings. The summed E-state index contributed by atoms with van der Waals surface area (Å²) in [4.78, 5) is 0. The molecule has 15 heavy (non-hydrogen) atoms. The molecule has 2 rings (SSSR count). The van der Waals surface area contributed by atoms with Crippen molar-refractivity contribution in [2.75, 3.05) is 0 Å². The lowest BCUT2D eigenvalue weighted by atomic mass is 9.78. The van der Waals surface area contributed by atoms with Crippen LogP contribution in [-0.4, -0.2) is 15.4 Å². The zero-order chi connectivity index (χ0) is 10.9. The van der Waals surface area contributed by atoms with Crippen LogP contribution in [0.1, 0.15) is 63.3 Å². The highest BCUT2D eigenvalue weighted by atomic mass is 15.3. The van der Waals surface area contributed by atoms with E-state index in [-0.39, 0.29) is 5.54 Å². The molecule has 1 fully saturated rings. The van der Waals surface area contributed by atoms with Gasteiger partial charge in [0.1, 0.15) is 5.69 Å². The van der Waals surface area contributed by atoms with E-state index in [0.717, 1.165) is 24.2 Å². The number of aromatic nitrogens is 3. The Balaban J connectivity index is 2.30. The number of H-pyrrole nitrogens is 1. The first-order valence-corrected chi connectivity index (χ1v) is 5.83. The first kappa shape index (κ1) is 10.6. The predicted molar refractivity (Wildman–Crippen MR) is 59.4 cm³/mol. The Morgan fingerprint density at radius 3 is 2.47 bits per heavy atom. The predicted octanol–water partition coefficient (Wildman–Crippen LogP) is 2.05. The Morgan fingerprint density at radius 1 is 1.20 bits per heavy atom. The van der Waals surface area contributed by atoms with Gasteiger partial charge in [-0.25, -0.2) is 0 Å². The quantitative estimate of drug-likeness (QED) is 0.781. The summed E-state index contributed by atoms with van der Waals surface area (Å²) in [7, 11) is 0. The van der Waals surface area contributed by atoms with Gasteiger partial charge in [0.2, 0.25) is 0 Å². The van der Waals surface area contributed by atoms with Crippen molar-refractivity contribution in [3.8, 4) is 0 Å². The SMILES string of the molecule is CC(C)c1n[nH]nc1C1(N)CCCCC1. The number of rotatable bonds is 2. The van der Waals surface area contributed by atoms with E-state index in [9.17, 15) is 0 Å². The van der Waals surface area contributed by atoms with E-state index < -0.39 is 0 Å². The summed E-state index contributed by atoms with van der Waals surface area (Å²) in [6.07, 6.45) is 5.80. The second-order valence-electron chi connectivity index (χ2n) is 4.93. The second-order valence-corrected chi connectivity index (χ2v) is 4.93. The number of aromatic amines is 1. The molecule has 3 N–H and O–H groups in total. The maximum atomic E-state index is 6.44. The van der Waals surface area contributed by atoms with Crippen molar-refractivity contribution in [2.24, 2.45) is 5.73 Å². The zero-order valence-corrected chi connectivity index (χ0v) is 9.58. The Hall–Kier alpha value is -0.900. The molecule has 1 aliphatic carbocycles. The van der Waals surface area contributed by atoms with Crippen molar-refractivity contribution in [3.05, 3.63) is 11.4 Å². The summed E-state index contributed by atoms with van der Waals surface area (Å²) in [6, 6.07) is 0. The summed E-state index contributed by atoms with van der Waals surface area (Å²) in [6.45, 7) is 4.26. The average molecular weight is 208 g/mol. The van der Waals surface area contributed by atoms with Crippen molar-refractivity contribution in [2.45, 2.75) is 57.4 Å². The van der Waals surface area contributed by atoms with Gasteiger partial charge in [0.05, 0.1) is 11.2 Å². The smallest absolute Gasteiger partial charge is 0.106 e. The molecular weight excluding hydrogens is 188 g/mol. The van der Waals surface area contributed by atoms with Crippen molar-refractivity contribution >= 4 is 0 Å². The average Bonchev–Trinajstić information content (AvgIpc) is 2.67. The lowest BCUT2D eigenvalue weighted by Crippen LogP contribution is -2.40. The van der Waals surface area contributed by atoms with Gasteiger partial charge in [-0.2, -0.15) is 15.4 Å².